The summed E-state index contributed by atoms with van der Waals surface area (Å²) in [7, 11) is 0. The fraction of sp³-hybridized carbons (Fsp3) is 0.714. The van der Waals surface area contributed by atoms with Crippen molar-refractivity contribution in [3.8, 4) is 5.88 Å². The van der Waals surface area contributed by atoms with E-state index in [9.17, 15) is 0 Å². The predicted octanol–water partition coefficient (Wildman–Crippen LogP) is 1.57. The lowest BCUT2D eigenvalue weighted by Crippen LogP contribution is -2.31. The Labute approximate surface area is 120 Å². The first-order chi connectivity index (χ1) is 9.78. The molecule has 3 N–H and O–H groups in total. The first-order valence-electron chi connectivity index (χ1n) is 7.34. The Morgan fingerprint density at radius 1 is 1.30 bits per heavy atom. The van der Waals surface area contributed by atoms with E-state index in [2.05, 4.69) is 15.3 Å². The van der Waals surface area contributed by atoms with E-state index in [1.807, 2.05) is 6.92 Å². The molecule has 1 aromatic heterocycles. The minimum Gasteiger partial charge on any atom is -0.477 e. The molecule has 0 saturated heterocycles. The largest absolute Gasteiger partial charge is 0.477 e. The Morgan fingerprint density at radius 3 is 2.85 bits per heavy atom. The highest BCUT2D eigenvalue weighted by Crippen LogP contribution is 2.19. The summed E-state index contributed by atoms with van der Waals surface area (Å²) in [6, 6.07) is 0.365. The van der Waals surface area contributed by atoms with Crippen LogP contribution in [0.2, 0.25) is 0 Å². The summed E-state index contributed by atoms with van der Waals surface area (Å²) in [6.45, 7) is 3.89. The van der Waals surface area contributed by atoms with E-state index < -0.39 is 0 Å². The molecule has 1 aliphatic rings. The molecule has 1 aliphatic carbocycles. The van der Waals surface area contributed by atoms with Gasteiger partial charge in [-0.3, -0.25) is 4.98 Å². The maximum absolute atomic E-state index is 5.87. The molecule has 0 aliphatic heterocycles. The average Bonchev–Trinajstić information content (AvgIpc) is 2.46. The minimum atomic E-state index is 0.359. The number of rotatable bonds is 7. The van der Waals surface area contributed by atoms with E-state index in [1.54, 1.807) is 12.4 Å². The molecule has 6 nitrogen and oxygen atoms in total. The lowest BCUT2D eigenvalue weighted by molar-refractivity contribution is 0.0313. The van der Waals surface area contributed by atoms with Crippen molar-refractivity contribution in [1.29, 1.82) is 0 Å². The Morgan fingerprint density at radius 2 is 2.10 bits per heavy atom. The van der Waals surface area contributed by atoms with Crippen molar-refractivity contribution in [3.05, 3.63) is 12.4 Å². The molecule has 1 fully saturated rings. The molecule has 6 heteroatoms. The van der Waals surface area contributed by atoms with E-state index in [0.29, 0.717) is 43.6 Å². The van der Waals surface area contributed by atoms with E-state index in [-0.39, 0.29) is 0 Å². The van der Waals surface area contributed by atoms with E-state index in [0.717, 1.165) is 25.7 Å². The zero-order valence-corrected chi connectivity index (χ0v) is 12.0. The molecule has 0 amide bonds. The van der Waals surface area contributed by atoms with Crippen LogP contribution < -0.4 is 15.8 Å². The lowest BCUT2D eigenvalue weighted by Gasteiger charge is -2.26. The second-order valence-corrected chi connectivity index (χ2v) is 5.01. The highest BCUT2D eigenvalue weighted by molar-refractivity contribution is 5.32. The third-order valence-corrected chi connectivity index (χ3v) is 3.39. The standard InChI is InChI=1S/C14H24N4O2/c1-2-19-14-10-16-9-13(18-14)17-7-8-20-12-5-3-11(15)4-6-12/h9-12H,2-8,15H2,1H3,(H,17,18). The van der Waals surface area contributed by atoms with Gasteiger partial charge >= 0.3 is 0 Å². The minimum absolute atomic E-state index is 0.359. The zero-order valence-electron chi connectivity index (χ0n) is 12.0. The van der Waals surface area contributed by atoms with Crippen molar-refractivity contribution < 1.29 is 9.47 Å². The Hall–Kier alpha value is -1.40. The summed E-state index contributed by atoms with van der Waals surface area (Å²) in [5, 5.41) is 3.19. The molecule has 112 valence electrons. The van der Waals surface area contributed by atoms with Crippen molar-refractivity contribution in [3.63, 3.8) is 0 Å². The molecule has 20 heavy (non-hydrogen) atoms. The normalized spacial score (nSPS) is 22.5. The summed E-state index contributed by atoms with van der Waals surface area (Å²) in [6.07, 6.45) is 7.93. The van der Waals surface area contributed by atoms with Crippen LogP contribution >= 0.6 is 0 Å². The summed E-state index contributed by atoms with van der Waals surface area (Å²) in [4.78, 5) is 8.36. The third-order valence-electron chi connectivity index (χ3n) is 3.39. The number of hydrogen-bond donors (Lipinski definition) is 2. The van der Waals surface area contributed by atoms with Crippen LogP contribution in [-0.2, 0) is 4.74 Å². The maximum Gasteiger partial charge on any atom is 0.234 e. The fourth-order valence-corrected chi connectivity index (χ4v) is 2.31. The second kappa shape index (κ2) is 8.01. The molecular formula is C14H24N4O2. The van der Waals surface area contributed by atoms with Gasteiger partial charge in [-0.2, -0.15) is 4.98 Å². The van der Waals surface area contributed by atoms with Crippen LogP contribution in [0.5, 0.6) is 5.88 Å². The van der Waals surface area contributed by atoms with Crippen LogP contribution in [0.1, 0.15) is 32.6 Å². The summed E-state index contributed by atoms with van der Waals surface area (Å²) in [5.74, 6) is 1.25. The molecule has 1 heterocycles. The highest BCUT2D eigenvalue weighted by atomic mass is 16.5. The van der Waals surface area contributed by atoms with Crippen molar-refractivity contribution in [2.24, 2.45) is 5.73 Å². The molecule has 2 rings (SSSR count). The van der Waals surface area contributed by atoms with Gasteiger partial charge in [-0.05, 0) is 32.6 Å². The van der Waals surface area contributed by atoms with Gasteiger partial charge in [-0.25, -0.2) is 0 Å². The molecule has 0 spiro atoms. The first-order valence-corrected chi connectivity index (χ1v) is 7.34. The predicted molar refractivity (Wildman–Crippen MR) is 77.9 cm³/mol. The van der Waals surface area contributed by atoms with Gasteiger partial charge in [0.15, 0.2) is 0 Å². The molecular weight excluding hydrogens is 256 g/mol. The Bertz CT molecular complexity index is 395. The van der Waals surface area contributed by atoms with Crippen LogP contribution in [0, 0.1) is 0 Å². The van der Waals surface area contributed by atoms with Gasteiger partial charge in [0.2, 0.25) is 5.88 Å². The molecule has 0 unspecified atom stereocenters. The van der Waals surface area contributed by atoms with Gasteiger partial charge in [0.05, 0.1) is 31.7 Å². The molecule has 1 aromatic rings. The monoisotopic (exact) mass is 280 g/mol. The molecule has 1 saturated carbocycles. The molecule has 0 atom stereocenters. The van der Waals surface area contributed by atoms with Crippen molar-refractivity contribution in [2.45, 2.75) is 44.8 Å². The zero-order chi connectivity index (χ0) is 14.2. The van der Waals surface area contributed by atoms with Crippen molar-refractivity contribution in [2.75, 3.05) is 25.1 Å². The number of aromatic nitrogens is 2. The lowest BCUT2D eigenvalue weighted by atomic mass is 9.94. The smallest absolute Gasteiger partial charge is 0.234 e. The van der Waals surface area contributed by atoms with Gasteiger partial charge in [-0.15, -0.1) is 0 Å². The number of ether oxygens (including phenoxy) is 2. The van der Waals surface area contributed by atoms with Gasteiger partial charge < -0.3 is 20.5 Å². The van der Waals surface area contributed by atoms with Crippen molar-refractivity contribution >= 4 is 5.82 Å². The van der Waals surface area contributed by atoms with Gasteiger partial charge in [-0.1, -0.05) is 0 Å². The number of anilines is 1. The topological polar surface area (TPSA) is 82.3 Å². The molecule has 0 bridgehead atoms. The quantitative estimate of drug-likeness (QED) is 0.738. The van der Waals surface area contributed by atoms with E-state index in [1.165, 1.54) is 0 Å². The van der Waals surface area contributed by atoms with Crippen LogP contribution in [-0.4, -0.2) is 41.9 Å². The average molecular weight is 280 g/mol. The van der Waals surface area contributed by atoms with Crippen LogP contribution in [0.3, 0.4) is 0 Å². The number of nitrogens with zero attached hydrogens (tertiary/aromatic N) is 2. The SMILES string of the molecule is CCOc1cncc(NCCOC2CCC(N)CC2)n1. The second-order valence-electron chi connectivity index (χ2n) is 5.01. The summed E-state index contributed by atoms with van der Waals surface area (Å²) in [5.41, 5.74) is 5.87. The molecule has 0 radical (unpaired) electrons. The van der Waals surface area contributed by atoms with Crippen LogP contribution in [0.4, 0.5) is 5.82 Å². The van der Waals surface area contributed by atoms with Crippen LogP contribution in [0.15, 0.2) is 12.4 Å². The summed E-state index contributed by atoms with van der Waals surface area (Å²) < 4.78 is 11.1. The van der Waals surface area contributed by atoms with E-state index >= 15 is 0 Å². The molecule has 0 aromatic carbocycles. The maximum atomic E-state index is 5.87. The third kappa shape index (κ3) is 4.94. The van der Waals surface area contributed by atoms with E-state index in [4.69, 9.17) is 15.2 Å². The number of nitrogens with one attached hydrogen (secondary N) is 1. The Kier molecular flexibility index (Phi) is 6.01. The van der Waals surface area contributed by atoms with Gasteiger partial charge in [0, 0.05) is 12.6 Å². The first kappa shape index (κ1) is 15.0. The van der Waals surface area contributed by atoms with Crippen LogP contribution in [0.25, 0.3) is 0 Å². The fourth-order valence-electron chi connectivity index (χ4n) is 2.31. The summed E-state index contributed by atoms with van der Waals surface area (Å²) >= 11 is 0. The number of hydrogen-bond acceptors (Lipinski definition) is 6. The Balaban J connectivity index is 1.64. The van der Waals surface area contributed by atoms with Gasteiger partial charge in [0.1, 0.15) is 5.82 Å². The number of nitrogens with two attached hydrogens (primary N) is 1. The highest BCUT2D eigenvalue weighted by Gasteiger charge is 2.18. The van der Waals surface area contributed by atoms with Crippen molar-refractivity contribution in [1.82, 2.24) is 9.97 Å². The van der Waals surface area contributed by atoms with Gasteiger partial charge in [0.25, 0.3) is 0 Å².